The first-order valence-corrected chi connectivity index (χ1v) is 8.67. The fourth-order valence-electron chi connectivity index (χ4n) is 2.01. The second-order valence-corrected chi connectivity index (χ2v) is 8.38. The minimum atomic E-state index is -0.498. The second-order valence-electron chi connectivity index (χ2n) is 6.38. The Morgan fingerprint density at radius 2 is 2.15 bits per heavy atom. The molecule has 1 rings (SSSR count). The molecular formula is C13H24N2O2S3. The molecule has 0 aromatic rings. The summed E-state index contributed by atoms with van der Waals surface area (Å²) in [5.74, 6) is 1.74. The number of thiocarbonyl (C=S) groups is 1. The molecule has 0 bridgehead atoms. The highest BCUT2D eigenvalue weighted by molar-refractivity contribution is 8.01. The van der Waals surface area contributed by atoms with Gasteiger partial charge in [0.05, 0.1) is 16.9 Å². The van der Waals surface area contributed by atoms with Crippen LogP contribution >= 0.6 is 36.6 Å². The maximum atomic E-state index is 11.7. The summed E-state index contributed by atoms with van der Waals surface area (Å²) in [5, 5.41) is 2.99. The number of thiol groups is 1. The van der Waals surface area contributed by atoms with E-state index in [1.54, 1.807) is 0 Å². The van der Waals surface area contributed by atoms with Gasteiger partial charge in [0.25, 0.3) is 0 Å². The zero-order valence-electron chi connectivity index (χ0n) is 12.7. The second kappa shape index (κ2) is 6.75. The van der Waals surface area contributed by atoms with Crippen LogP contribution in [0.3, 0.4) is 0 Å². The molecule has 0 saturated carbocycles. The summed E-state index contributed by atoms with van der Waals surface area (Å²) in [6, 6.07) is 0. The Kier molecular flexibility index (Phi) is 6.04. The first kappa shape index (κ1) is 17.9. The van der Waals surface area contributed by atoms with Gasteiger partial charge in [0.2, 0.25) is 0 Å². The van der Waals surface area contributed by atoms with Crippen LogP contribution in [0, 0.1) is 0 Å². The Morgan fingerprint density at radius 1 is 1.55 bits per heavy atom. The normalized spacial score (nSPS) is 21.7. The molecule has 1 amide bonds. The molecule has 1 N–H and O–H groups in total. The highest BCUT2D eigenvalue weighted by Gasteiger charge is 2.40. The smallest absolute Gasteiger partial charge is 0.408 e. The number of hydrogen-bond acceptors (Lipinski definition) is 5. The SMILES string of the molecule is CC(C)(C)OC(=O)NCC(=S)N1C(CS)SCC1(C)C. The minimum absolute atomic E-state index is 0.00917. The summed E-state index contributed by atoms with van der Waals surface area (Å²) in [6.45, 7) is 10.1. The highest BCUT2D eigenvalue weighted by atomic mass is 32.2. The fourth-order valence-corrected chi connectivity index (χ4v) is 4.41. The lowest BCUT2D eigenvalue weighted by Gasteiger charge is -2.36. The number of carbonyl (C=O) groups is 1. The van der Waals surface area contributed by atoms with Crippen molar-refractivity contribution in [3.05, 3.63) is 0 Å². The predicted molar refractivity (Wildman–Crippen MR) is 92.9 cm³/mol. The summed E-state index contributed by atoms with van der Waals surface area (Å²) >= 11 is 11.7. The van der Waals surface area contributed by atoms with Gasteiger partial charge in [-0.1, -0.05) is 12.2 Å². The molecule has 7 heteroatoms. The Balaban J connectivity index is 2.56. The molecule has 0 aliphatic carbocycles. The monoisotopic (exact) mass is 336 g/mol. The summed E-state index contributed by atoms with van der Waals surface area (Å²) in [7, 11) is 0. The molecule has 0 radical (unpaired) electrons. The molecule has 0 aromatic heterocycles. The highest BCUT2D eigenvalue weighted by Crippen LogP contribution is 2.37. The van der Waals surface area contributed by atoms with Crippen LogP contribution in [0.15, 0.2) is 0 Å². The maximum Gasteiger partial charge on any atom is 0.408 e. The van der Waals surface area contributed by atoms with Gasteiger partial charge in [-0.2, -0.15) is 12.6 Å². The van der Waals surface area contributed by atoms with E-state index in [9.17, 15) is 4.79 Å². The van der Waals surface area contributed by atoms with Gasteiger partial charge in [-0.25, -0.2) is 4.79 Å². The van der Waals surface area contributed by atoms with Crippen LogP contribution < -0.4 is 5.32 Å². The van der Waals surface area contributed by atoms with Crippen LogP contribution in [0.1, 0.15) is 34.6 Å². The molecule has 1 atom stereocenters. The van der Waals surface area contributed by atoms with Crippen molar-refractivity contribution < 1.29 is 9.53 Å². The maximum absolute atomic E-state index is 11.7. The Hall–Kier alpha value is -0.140. The van der Waals surface area contributed by atoms with Crippen molar-refractivity contribution in [1.82, 2.24) is 10.2 Å². The molecule has 1 fully saturated rings. The van der Waals surface area contributed by atoms with Gasteiger partial charge in [-0.05, 0) is 34.6 Å². The first-order valence-electron chi connectivity index (χ1n) is 6.58. The minimum Gasteiger partial charge on any atom is -0.444 e. The quantitative estimate of drug-likeness (QED) is 0.613. The molecule has 116 valence electrons. The van der Waals surface area contributed by atoms with Gasteiger partial charge >= 0.3 is 6.09 Å². The fraction of sp³-hybridized carbons (Fsp3) is 0.846. The molecule has 0 aromatic carbocycles. The Bertz CT molecular complexity index is 380. The number of amides is 1. The van der Waals surface area contributed by atoms with E-state index < -0.39 is 11.7 Å². The third kappa shape index (κ3) is 5.00. The summed E-state index contributed by atoms with van der Waals surface area (Å²) in [4.78, 5) is 14.6. The van der Waals surface area contributed by atoms with Gasteiger partial charge in [0, 0.05) is 17.0 Å². The molecule has 4 nitrogen and oxygen atoms in total. The summed E-state index contributed by atoms with van der Waals surface area (Å²) in [5.41, 5.74) is -0.507. The molecule has 20 heavy (non-hydrogen) atoms. The third-order valence-electron chi connectivity index (χ3n) is 2.78. The average Bonchev–Trinajstić information content (AvgIpc) is 2.59. The third-order valence-corrected chi connectivity index (χ3v) is 5.35. The average molecular weight is 337 g/mol. The summed E-state index contributed by atoms with van der Waals surface area (Å²) < 4.78 is 5.21. The molecule has 1 saturated heterocycles. The van der Waals surface area contributed by atoms with E-state index in [4.69, 9.17) is 17.0 Å². The Labute approximate surface area is 136 Å². The lowest BCUT2D eigenvalue weighted by molar-refractivity contribution is 0.0534. The van der Waals surface area contributed by atoms with Gasteiger partial charge in [-0.3, -0.25) is 0 Å². The number of thioether (sulfide) groups is 1. The zero-order chi connectivity index (χ0) is 15.6. The number of nitrogens with one attached hydrogen (secondary N) is 1. The largest absolute Gasteiger partial charge is 0.444 e. The van der Waals surface area contributed by atoms with Crippen LogP contribution in [0.25, 0.3) is 0 Å². The first-order chi connectivity index (χ1) is 9.07. The van der Waals surface area contributed by atoms with Gasteiger partial charge in [-0.15, -0.1) is 11.8 Å². The van der Waals surface area contributed by atoms with E-state index in [0.717, 1.165) is 16.5 Å². The standard InChI is InChI=1S/C13H24N2O2S3/c1-12(2,3)17-11(16)14-6-9(19)15-10(7-18)20-8-13(15,4)5/h10,18H,6-8H2,1-5H3,(H,14,16). The zero-order valence-corrected chi connectivity index (χ0v) is 15.3. The molecule has 1 aliphatic heterocycles. The number of rotatable bonds is 3. The van der Waals surface area contributed by atoms with Crippen molar-refractivity contribution in [3.63, 3.8) is 0 Å². The van der Waals surface area contributed by atoms with E-state index in [-0.39, 0.29) is 10.9 Å². The van der Waals surface area contributed by atoms with E-state index in [1.165, 1.54) is 0 Å². The number of hydrogen-bond donors (Lipinski definition) is 2. The predicted octanol–water partition coefficient (Wildman–Crippen LogP) is 2.92. The van der Waals surface area contributed by atoms with Crippen molar-refractivity contribution in [2.24, 2.45) is 0 Å². The molecule has 1 heterocycles. The molecular weight excluding hydrogens is 312 g/mol. The lowest BCUT2D eigenvalue weighted by atomic mass is 10.1. The van der Waals surface area contributed by atoms with Crippen LogP contribution in [-0.2, 0) is 4.74 Å². The van der Waals surface area contributed by atoms with E-state index in [2.05, 4.69) is 36.7 Å². The van der Waals surface area contributed by atoms with Gasteiger partial charge < -0.3 is 15.0 Å². The van der Waals surface area contributed by atoms with Crippen molar-refractivity contribution in [2.45, 2.75) is 51.1 Å². The molecule has 1 aliphatic rings. The number of carbonyl (C=O) groups excluding carboxylic acids is 1. The van der Waals surface area contributed by atoms with Crippen LogP contribution in [0.5, 0.6) is 0 Å². The molecule has 0 spiro atoms. The van der Waals surface area contributed by atoms with Crippen molar-refractivity contribution >= 4 is 47.7 Å². The topological polar surface area (TPSA) is 41.6 Å². The number of nitrogens with zero attached hydrogens (tertiary/aromatic N) is 1. The van der Waals surface area contributed by atoms with Crippen molar-refractivity contribution in [1.29, 1.82) is 0 Å². The van der Waals surface area contributed by atoms with Crippen LogP contribution in [-0.4, -0.2) is 50.5 Å². The Morgan fingerprint density at radius 3 is 2.65 bits per heavy atom. The van der Waals surface area contributed by atoms with E-state index in [1.807, 2.05) is 32.5 Å². The van der Waals surface area contributed by atoms with Crippen LogP contribution in [0.2, 0.25) is 0 Å². The lowest BCUT2D eigenvalue weighted by Crippen LogP contribution is -2.51. The number of ether oxygens (including phenoxy) is 1. The van der Waals surface area contributed by atoms with Gasteiger partial charge in [0.1, 0.15) is 5.60 Å². The van der Waals surface area contributed by atoms with Gasteiger partial charge in [0.15, 0.2) is 0 Å². The van der Waals surface area contributed by atoms with E-state index >= 15 is 0 Å². The van der Waals surface area contributed by atoms with Crippen molar-refractivity contribution in [2.75, 3.05) is 18.1 Å². The summed E-state index contributed by atoms with van der Waals surface area (Å²) in [6.07, 6.45) is -0.438. The molecule has 1 unspecified atom stereocenters. The van der Waals surface area contributed by atoms with E-state index in [0.29, 0.717) is 6.54 Å². The number of alkyl carbamates (subject to hydrolysis) is 1. The van der Waals surface area contributed by atoms with Crippen LogP contribution in [0.4, 0.5) is 4.79 Å². The van der Waals surface area contributed by atoms with Crippen molar-refractivity contribution in [3.8, 4) is 0 Å².